The second kappa shape index (κ2) is 8.01. The first kappa shape index (κ1) is 17.9. The van der Waals surface area contributed by atoms with Crippen LogP contribution in [0.1, 0.15) is 27.8 Å². The van der Waals surface area contributed by atoms with Crippen molar-refractivity contribution >= 4 is 29.2 Å². The highest BCUT2D eigenvalue weighted by atomic mass is 16.5. The largest absolute Gasteiger partial charge is 0.459 e. The Kier molecular flexibility index (Phi) is 5.32. The van der Waals surface area contributed by atoms with Crippen molar-refractivity contribution in [2.75, 3.05) is 10.6 Å². The molecule has 0 aliphatic rings. The number of hydrogen-bond donors (Lipinski definition) is 2. The number of rotatable bonds is 5. The van der Waals surface area contributed by atoms with Gasteiger partial charge in [0, 0.05) is 24.4 Å². The molecule has 0 fully saturated rings. The molecule has 3 rings (SSSR count). The van der Waals surface area contributed by atoms with E-state index in [1.807, 2.05) is 0 Å². The number of nitrogens with one attached hydrogen (secondary N) is 2. The molecule has 0 aliphatic carbocycles. The molecular weight excluding hydrogens is 348 g/mol. The maximum Gasteiger partial charge on any atom is 0.343 e. The number of ether oxygens (including phenoxy) is 1. The number of benzene rings is 2. The van der Waals surface area contributed by atoms with Gasteiger partial charge in [-0.15, -0.1) is 0 Å². The van der Waals surface area contributed by atoms with E-state index in [9.17, 15) is 14.4 Å². The van der Waals surface area contributed by atoms with Crippen molar-refractivity contribution in [2.45, 2.75) is 6.92 Å². The molecular formula is C20H16N2O5. The highest BCUT2D eigenvalue weighted by Gasteiger charge is 2.11. The van der Waals surface area contributed by atoms with Crippen LogP contribution in [0.25, 0.3) is 0 Å². The Labute approximate surface area is 154 Å². The Hall–Kier alpha value is -3.87. The number of hydrogen-bond acceptors (Lipinski definition) is 5. The molecule has 0 unspecified atom stereocenters. The third kappa shape index (κ3) is 4.82. The van der Waals surface area contributed by atoms with Crippen LogP contribution < -0.4 is 15.4 Å². The zero-order valence-corrected chi connectivity index (χ0v) is 14.4. The molecule has 7 heteroatoms. The van der Waals surface area contributed by atoms with Crippen LogP contribution >= 0.6 is 0 Å². The summed E-state index contributed by atoms with van der Waals surface area (Å²) in [5.41, 5.74) is 1.36. The van der Waals surface area contributed by atoms with E-state index < -0.39 is 5.97 Å². The lowest BCUT2D eigenvalue weighted by atomic mass is 10.2. The molecule has 0 saturated carbocycles. The van der Waals surface area contributed by atoms with Gasteiger partial charge in [0.1, 0.15) is 5.75 Å². The van der Waals surface area contributed by atoms with E-state index in [2.05, 4.69) is 10.6 Å². The van der Waals surface area contributed by atoms with Crippen LogP contribution in [0.3, 0.4) is 0 Å². The number of esters is 1. The molecule has 2 N–H and O–H groups in total. The third-order valence-electron chi connectivity index (χ3n) is 3.49. The fourth-order valence-electron chi connectivity index (χ4n) is 2.30. The fourth-order valence-corrected chi connectivity index (χ4v) is 2.30. The van der Waals surface area contributed by atoms with Gasteiger partial charge < -0.3 is 19.8 Å². The van der Waals surface area contributed by atoms with E-state index in [0.29, 0.717) is 22.7 Å². The van der Waals surface area contributed by atoms with Gasteiger partial charge in [0.15, 0.2) is 5.76 Å². The van der Waals surface area contributed by atoms with Crippen LogP contribution in [-0.2, 0) is 4.79 Å². The van der Waals surface area contributed by atoms with Crippen molar-refractivity contribution in [3.05, 3.63) is 78.3 Å². The minimum absolute atomic E-state index is 0.192. The summed E-state index contributed by atoms with van der Waals surface area (Å²) in [4.78, 5) is 35.3. The molecule has 0 saturated heterocycles. The maximum atomic E-state index is 12.3. The minimum atomic E-state index is -0.557. The SMILES string of the molecule is CC(=O)Nc1cccc(OC(=O)c2ccc(NC(=O)c3ccco3)cc2)c1. The Morgan fingerprint density at radius 3 is 2.33 bits per heavy atom. The number of amides is 2. The van der Waals surface area contributed by atoms with Gasteiger partial charge in [-0.05, 0) is 48.5 Å². The molecule has 1 aromatic heterocycles. The van der Waals surface area contributed by atoms with Crippen molar-refractivity contribution in [2.24, 2.45) is 0 Å². The smallest absolute Gasteiger partial charge is 0.343 e. The molecule has 3 aromatic rings. The van der Waals surface area contributed by atoms with Crippen molar-refractivity contribution in [1.29, 1.82) is 0 Å². The van der Waals surface area contributed by atoms with Crippen LogP contribution in [0.5, 0.6) is 5.75 Å². The number of furan rings is 1. The molecule has 0 aliphatic heterocycles. The highest BCUT2D eigenvalue weighted by molar-refractivity contribution is 6.02. The summed E-state index contributed by atoms with van der Waals surface area (Å²) in [6.45, 7) is 1.39. The average molecular weight is 364 g/mol. The lowest BCUT2D eigenvalue weighted by Gasteiger charge is -2.08. The van der Waals surface area contributed by atoms with Crippen molar-refractivity contribution in [3.63, 3.8) is 0 Å². The van der Waals surface area contributed by atoms with Gasteiger partial charge in [-0.3, -0.25) is 9.59 Å². The van der Waals surface area contributed by atoms with Gasteiger partial charge in [-0.25, -0.2) is 4.79 Å². The first-order valence-corrected chi connectivity index (χ1v) is 8.06. The third-order valence-corrected chi connectivity index (χ3v) is 3.49. The van der Waals surface area contributed by atoms with Gasteiger partial charge in [0.2, 0.25) is 5.91 Å². The van der Waals surface area contributed by atoms with Gasteiger partial charge in [0.05, 0.1) is 11.8 Å². The van der Waals surface area contributed by atoms with E-state index in [1.165, 1.54) is 25.3 Å². The number of carbonyl (C=O) groups is 3. The maximum absolute atomic E-state index is 12.3. The fraction of sp³-hybridized carbons (Fsp3) is 0.0500. The average Bonchev–Trinajstić information content (AvgIpc) is 3.17. The zero-order valence-electron chi connectivity index (χ0n) is 14.4. The van der Waals surface area contributed by atoms with E-state index in [-0.39, 0.29) is 17.6 Å². The van der Waals surface area contributed by atoms with E-state index in [4.69, 9.17) is 9.15 Å². The summed E-state index contributed by atoms with van der Waals surface area (Å²) >= 11 is 0. The Balaban J connectivity index is 1.64. The van der Waals surface area contributed by atoms with Crippen LogP contribution in [-0.4, -0.2) is 17.8 Å². The van der Waals surface area contributed by atoms with Gasteiger partial charge in [-0.1, -0.05) is 6.07 Å². The predicted octanol–water partition coefficient (Wildman–Crippen LogP) is 3.71. The Morgan fingerprint density at radius 1 is 0.889 bits per heavy atom. The molecule has 0 spiro atoms. The lowest BCUT2D eigenvalue weighted by molar-refractivity contribution is -0.114. The summed E-state index contributed by atoms with van der Waals surface area (Å²) in [7, 11) is 0. The Morgan fingerprint density at radius 2 is 1.67 bits per heavy atom. The van der Waals surface area contributed by atoms with Crippen LogP contribution in [0.2, 0.25) is 0 Å². The summed E-state index contributed by atoms with van der Waals surface area (Å²) in [5, 5.41) is 5.28. The van der Waals surface area contributed by atoms with E-state index in [1.54, 1.807) is 48.5 Å². The molecule has 2 amide bonds. The molecule has 0 atom stereocenters. The molecule has 27 heavy (non-hydrogen) atoms. The first-order chi connectivity index (χ1) is 13.0. The zero-order chi connectivity index (χ0) is 19.2. The summed E-state index contributed by atoms with van der Waals surface area (Å²) in [5.74, 6) is -0.659. The topological polar surface area (TPSA) is 97.6 Å². The van der Waals surface area contributed by atoms with Gasteiger partial charge >= 0.3 is 5.97 Å². The second-order valence-electron chi connectivity index (χ2n) is 5.61. The first-order valence-electron chi connectivity index (χ1n) is 8.06. The molecule has 0 bridgehead atoms. The monoisotopic (exact) mass is 364 g/mol. The van der Waals surface area contributed by atoms with Crippen LogP contribution in [0.15, 0.2) is 71.3 Å². The van der Waals surface area contributed by atoms with Gasteiger partial charge in [-0.2, -0.15) is 0 Å². The molecule has 0 radical (unpaired) electrons. The summed E-state index contributed by atoms with van der Waals surface area (Å²) in [6.07, 6.45) is 1.41. The normalized spacial score (nSPS) is 10.1. The van der Waals surface area contributed by atoms with E-state index >= 15 is 0 Å². The molecule has 1 heterocycles. The number of carbonyl (C=O) groups excluding carboxylic acids is 3. The highest BCUT2D eigenvalue weighted by Crippen LogP contribution is 2.19. The molecule has 7 nitrogen and oxygen atoms in total. The van der Waals surface area contributed by atoms with Crippen LogP contribution in [0.4, 0.5) is 11.4 Å². The second-order valence-corrected chi connectivity index (χ2v) is 5.61. The minimum Gasteiger partial charge on any atom is -0.459 e. The summed E-state index contributed by atoms with van der Waals surface area (Å²) < 4.78 is 10.3. The van der Waals surface area contributed by atoms with Crippen LogP contribution in [0, 0.1) is 0 Å². The standard InChI is InChI=1S/C20H16N2O5/c1-13(23)21-16-4-2-5-17(12-16)27-20(25)14-7-9-15(10-8-14)22-19(24)18-6-3-11-26-18/h2-12H,1H3,(H,21,23)(H,22,24). The van der Waals surface area contributed by atoms with Gasteiger partial charge in [0.25, 0.3) is 5.91 Å². The lowest BCUT2D eigenvalue weighted by Crippen LogP contribution is -2.12. The van der Waals surface area contributed by atoms with Crippen molar-refractivity contribution in [1.82, 2.24) is 0 Å². The number of anilines is 2. The quantitative estimate of drug-likeness (QED) is 0.531. The van der Waals surface area contributed by atoms with E-state index in [0.717, 1.165) is 0 Å². The van der Waals surface area contributed by atoms with Crippen molar-refractivity contribution in [3.8, 4) is 5.75 Å². The molecule has 136 valence electrons. The Bertz CT molecular complexity index is 962. The summed E-state index contributed by atoms with van der Waals surface area (Å²) in [6, 6.07) is 16.0. The predicted molar refractivity (Wildman–Crippen MR) is 98.8 cm³/mol. The van der Waals surface area contributed by atoms with Crippen molar-refractivity contribution < 1.29 is 23.5 Å². The molecule has 2 aromatic carbocycles.